The highest BCUT2D eigenvalue weighted by molar-refractivity contribution is 5.79. The summed E-state index contributed by atoms with van der Waals surface area (Å²) in [6, 6.07) is 0.0537. The lowest BCUT2D eigenvalue weighted by Crippen LogP contribution is -2.48. The van der Waals surface area contributed by atoms with Crippen molar-refractivity contribution in [3.05, 3.63) is 0 Å². The van der Waals surface area contributed by atoms with Gasteiger partial charge in [0.2, 0.25) is 5.91 Å². The molecule has 0 aromatic rings. The van der Waals surface area contributed by atoms with Gasteiger partial charge in [-0.25, -0.2) is 0 Å². The minimum absolute atomic E-state index is 0.0537. The van der Waals surface area contributed by atoms with E-state index in [1.165, 1.54) is 0 Å². The van der Waals surface area contributed by atoms with Gasteiger partial charge in [0.15, 0.2) is 0 Å². The number of carbonyl (C=O) groups excluding carboxylic acids is 1. The number of piperidine rings is 1. The van der Waals surface area contributed by atoms with Crippen LogP contribution >= 0.6 is 0 Å². The summed E-state index contributed by atoms with van der Waals surface area (Å²) in [7, 11) is 0. The van der Waals surface area contributed by atoms with Crippen molar-refractivity contribution < 1.29 is 14.7 Å². The molecule has 1 fully saturated rings. The fourth-order valence-electron chi connectivity index (χ4n) is 2.60. The van der Waals surface area contributed by atoms with E-state index in [4.69, 9.17) is 5.11 Å². The van der Waals surface area contributed by atoms with Gasteiger partial charge in [-0.1, -0.05) is 13.8 Å². The van der Waals surface area contributed by atoms with E-state index in [1.807, 2.05) is 25.7 Å². The lowest BCUT2D eigenvalue weighted by Gasteiger charge is -2.38. The van der Waals surface area contributed by atoms with Gasteiger partial charge < -0.3 is 10.0 Å². The van der Waals surface area contributed by atoms with Crippen molar-refractivity contribution in [3.63, 3.8) is 0 Å². The Bertz CT molecular complexity index is 286. The van der Waals surface area contributed by atoms with E-state index >= 15 is 0 Å². The molecule has 1 heterocycles. The quantitative estimate of drug-likeness (QED) is 0.820. The second kappa shape index (κ2) is 6.03. The van der Waals surface area contributed by atoms with Crippen LogP contribution in [0.3, 0.4) is 0 Å². The average Bonchev–Trinajstić information content (AvgIpc) is 2.30. The van der Waals surface area contributed by atoms with Crippen molar-refractivity contribution in [3.8, 4) is 0 Å². The minimum atomic E-state index is -0.730. The molecule has 1 rings (SSSR count). The van der Waals surface area contributed by atoms with E-state index in [-0.39, 0.29) is 23.8 Å². The molecular formula is C13H23NO3. The summed E-state index contributed by atoms with van der Waals surface area (Å²) in [5, 5.41) is 8.98. The summed E-state index contributed by atoms with van der Waals surface area (Å²) in [4.78, 5) is 25.0. The molecule has 4 nitrogen and oxygen atoms in total. The first-order valence-electron chi connectivity index (χ1n) is 6.54. The third kappa shape index (κ3) is 3.20. The Morgan fingerprint density at radius 1 is 1.35 bits per heavy atom. The Morgan fingerprint density at radius 3 is 2.35 bits per heavy atom. The molecule has 0 aromatic carbocycles. The van der Waals surface area contributed by atoms with E-state index in [1.54, 1.807) is 0 Å². The zero-order chi connectivity index (χ0) is 13.0. The van der Waals surface area contributed by atoms with Gasteiger partial charge in [-0.2, -0.15) is 0 Å². The molecule has 0 aliphatic carbocycles. The van der Waals surface area contributed by atoms with Gasteiger partial charge in [0.25, 0.3) is 0 Å². The molecule has 1 saturated heterocycles. The Balaban J connectivity index is 2.63. The molecular weight excluding hydrogens is 218 g/mol. The molecule has 0 bridgehead atoms. The van der Waals surface area contributed by atoms with Crippen LogP contribution in [0.15, 0.2) is 0 Å². The Hall–Kier alpha value is -1.06. The first kappa shape index (κ1) is 14.0. The van der Waals surface area contributed by atoms with Crippen molar-refractivity contribution in [2.45, 2.75) is 52.5 Å². The summed E-state index contributed by atoms with van der Waals surface area (Å²) in [5.41, 5.74) is 0. The molecule has 2 unspecified atom stereocenters. The van der Waals surface area contributed by atoms with Gasteiger partial charge in [0.05, 0.1) is 5.92 Å². The van der Waals surface area contributed by atoms with Gasteiger partial charge in [-0.3, -0.25) is 9.59 Å². The number of hydrogen-bond donors (Lipinski definition) is 1. The number of carbonyl (C=O) groups is 2. The zero-order valence-corrected chi connectivity index (χ0v) is 11.0. The maximum atomic E-state index is 12.2. The number of nitrogens with zero attached hydrogens (tertiary/aromatic N) is 1. The molecule has 0 radical (unpaired) electrons. The number of carboxylic acid groups (broad SMARTS) is 1. The lowest BCUT2D eigenvalue weighted by molar-refractivity contribution is -0.149. The van der Waals surface area contributed by atoms with E-state index in [9.17, 15) is 9.59 Å². The third-order valence-electron chi connectivity index (χ3n) is 3.84. The van der Waals surface area contributed by atoms with E-state index in [2.05, 4.69) is 0 Å². The molecule has 0 spiro atoms. The van der Waals surface area contributed by atoms with Gasteiger partial charge in [0.1, 0.15) is 0 Å². The smallest absolute Gasteiger partial charge is 0.306 e. The number of likely N-dealkylation sites (tertiary alicyclic amines) is 1. The van der Waals surface area contributed by atoms with Gasteiger partial charge in [-0.15, -0.1) is 0 Å². The summed E-state index contributed by atoms with van der Waals surface area (Å²) in [6.45, 7) is 6.60. The van der Waals surface area contributed by atoms with Gasteiger partial charge in [0, 0.05) is 18.5 Å². The number of aliphatic carboxylic acids is 1. The lowest BCUT2D eigenvalue weighted by atomic mass is 9.90. The van der Waals surface area contributed by atoms with Crippen LogP contribution in [-0.4, -0.2) is 34.5 Å². The fraction of sp³-hybridized carbons (Fsp3) is 0.846. The number of carboxylic acids is 1. The van der Waals surface area contributed by atoms with Crippen LogP contribution in [0.1, 0.15) is 46.5 Å². The molecule has 4 heteroatoms. The van der Waals surface area contributed by atoms with Crippen LogP contribution in [0.5, 0.6) is 0 Å². The molecule has 1 N–H and O–H groups in total. The topological polar surface area (TPSA) is 57.6 Å². The highest BCUT2D eigenvalue weighted by Crippen LogP contribution is 2.25. The highest BCUT2D eigenvalue weighted by atomic mass is 16.4. The van der Waals surface area contributed by atoms with Crippen LogP contribution in [-0.2, 0) is 9.59 Å². The summed E-state index contributed by atoms with van der Waals surface area (Å²) in [5.74, 6) is -0.715. The molecule has 1 aliphatic heterocycles. The molecule has 0 saturated carbocycles. The maximum absolute atomic E-state index is 12.2. The standard InChI is InChI=1S/C13H23NO3/c1-4-10(5-2)12(15)14-7-6-11(13(16)17)8-9(14)3/h9-11H,4-8H2,1-3H3,(H,16,17). The SMILES string of the molecule is CCC(CC)C(=O)N1CCC(C(=O)O)CC1C. The largest absolute Gasteiger partial charge is 0.481 e. The predicted octanol–water partition coefficient (Wildman–Crippen LogP) is 2.13. The highest BCUT2D eigenvalue weighted by Gasteiger charge is 2.33. The second-order valence-electron chi connectivity index (χ2n) is 4.95. The number of hydrogen-bond acceptors (Lipinski definition) is 2. The van der Waals surface area contributed by atoms with E-state index < -0.39 is 5.97 Å². The van der Waals surface area contributed by atoms with Crippen LogP contribution < -0.4 is 0 Å². The average molecular weight is 241 g/mol. The second-order valence-corrected chi connectivity index (χ2v) is 4.95. The minimum Gasteiger partial charge on any atom is -0.481 e. The van der Waals surface area contributed by atoms with Crippen molar-refractivity contribution in [1.82, 2.24) is 4.90 Å². The van der Waals surface area contributed by atoms with Gasteiger partial charge >= 0.3 is 5.97 Å². The number of amides is 1. The third-order valence-corrected chi connectivity index (χ3v) is 3.84. The van der Waals surface area contributed by atoms with E-state index in [0.717, 1.165) is 12.8 Å². The van der Waals surface area contributed by atoms with Crippen LogP contribution in [0.4, 0.5) is 0 Å². The fourth-order valence-corrected chi connectivity index (χ4v) is 2.60. The monoisotopic (exact) mass is 241 g/mol. The number of rotatable bonds is 4. The van der Waals surface area contributed by atoms with Crippen LogP contribution in [0.25, 0.3) is 0 Å². The first-order valence-corrected chi connectivity index (χ1v) is 6.54. The predicted molar refractivity (Wildman–Crippen MR) is 65.6 cm³/mol. The molecule has 1 aliphatic rings. The molecule has 0 aromatic heterocycles. The zero-order valence-electron chi connectivity index (χ0n) is 11.0. The van der Waals surface area contributed by atoms with Crippen molar-refractivity contribution in [1.29, 1.82) is 0 Å². The summed E-state index contributed by atoms with van der Waals surface area (Å²) >= 11 is 0. The Labute approximate surface area is 103 Å². The van der Waals surface area contributed by atoms with E-state index in [0.29, 0.717) is 19.4 Å². The maximum Gasteiger partial charge on any atom is 0.306 e. The normalized spacial score (nSPS) is 25.1. The summed E-state index contributed by atoms with van der Waals surface area (Å²) in [6.07, 6.45) is 2.90. The molecule has 98 valence electrons. The van der Waals surface area contributed by atoms with Crippen molar-refractivity contribution in [2.75, 3.05) is 6.54 Å². The van der Waals surface area contributed by atoms with Crippen molar-refractivity contribution in [2.24, 2.45) is 11.8 Å². The van der Waals surface area contributed by atoms with Crippen LogP contribution in [0, 0.1) is 11.8 Å². The first-order chi connectivity index (χ1) is 8.01. The molecule has 1 amide bonds. The van der Waals surface area contributed by atoms with Crippen molar-refractivity contribution >= 4 is 11.9 Å². The molecule has 17 heavy (non-hydrogen) atoms. The molecule has 2 atom stereocenters. The van der Waals surface area contributed by atoms with Crippen LogP contribution in [0.2, 0.25) is 0 Å². The Morgan fingerprint density at radius 2 is 1.94 bits per heavy atom. The van der Waals surface area contributed by atoms with Gasteiger partial charge in [-0.05, 0) is 32.6 Å². The Kier molecular flexibility index (Phi) is 4.97. The summed E-state index contributed by atoms with van der Waals surface area (Å²) < 4.78 is 0.